The van der Waals surface area contributed by atoms with Crippen LogP contribution in [0.3, 0.4) is 0 Å². The van der Waals surface area contributed by atoms with Gasteiger partial charge in [-0.05, 0) is 48.7 Å². The van der Waals surface area contributed by atoms with Crippen LogP contribution in [0.15, 0.2) is 41.3 Å². The van der Waals surface area contributed by atoms with Gasteiger partial charge in [-0.3, -0.25) is 9.59 Å². The van der Waals surface area contributed by atoms with Crippen molar-refractivity contribution in [3.8, 4) is 0 Å². The second-order valence-corrected chi connectivity index (χ2v) is 6.97. The first-order chi connectivity index (χ1) is 12.3. The Kier molecular flexibility index (Phi) is 4.68. The lowest BCUT2D eigenvalue weighted by Gasteiger charge is -2.10. The lowest BCUT2D eigenvalue weighted by Crippen LogP contribution is -2.21. The average molecular weight is 355 g/mol. The molecule has 0 aliphatic carbocycles. The molecular formula is C20H22FN3O2. The minimum atomic E-state index is -0.351. The summed E-state index contributed by atoms with van der Waals surface area (Å²) in [6.45, 7) is 6.45. The SMILES string of the molecule is Cc1cc(F)ccc1NC(=O)c1cc2c(=O)n(CC(C)C)ccc2n1C. The zero-order chi connectivity index (χ0) is 19.0. The molecule has 3 rings (SSSR count). The van der Waals surface area contributed by atoms with Crippen molar-refractivity contribution < 1.29 is 9.18 Å². The van der Waals surface area contributed by atoms with E-state index >= 15 is 0 Å². The lowest BCUT2D eigenvalue weighted by atomic mass is 10.2. The van der Waals surface area contributed by atoms with Crippen molar-refractivity contribution in [1.29, 1.82) is 0 Å². The number of amides is 1. The quantitative estimate of drug-likeness (QED) is 0.776. The number of anilines is 1. The number of nitrogens with zero attached hydrogens (tertiary/aromatic N) is 2. The number of aromatic nitrogens is 2. The van der Waals surface area contributed by atoms with Crippen LogP contribution in [0.1, 0.15) is 29.9 Å². The number of carbonyl (C=O) groups is 1. The van der Waals surface area contributed by atoms with Gasteiger partial charge in [0.1, 0.15) is 11.5 Å². The molecule has 0 fully saturated rings. The first kappa shape index (κ1) is 17.9. The molecule has 1 aromatic carbocycles. The molecule has 0 aliphatic rings. The van der Waals surface area contributed by atoms with E-state index in [2.05, 4.69) is 5.32 Å². The fourth-order valence-corrected chi connectivity index (χ4v) is 3.08. The summed E-state index contributed by atoms with van der Waals surface area (Å²) in [7, 11) is 1.75. The Bertz CT molecular complexity index is 1050. The average Bonchev–Trinajstić information content (AvgIpc) is 2.90. The third-order valence-electron chi connectivity index (χ3n) is 4.41. The molecule has 0 atom stereocenters. The predicted molar refractivity (Wildman–Crippen MR) is 101 cm³/mol. The fourth-order valence-electron chi connectivity index (χ4n) is 3.08. The summed E-state index contributed by atoms with van der Waals surface area (Å²) in [4.78, 5) is 25.4. The van der Waals surface area contributed by atoms with E-state index in [0.29, 0.717) is 40.3 Å². The fraction of sp³-hybridized carbons (Fsp3) is 0.300. The molecule has 0 radical (unpaired) electrons. The maximum atomic E-state index is 13.2. The predicted octanol–water partition coefficient (Wildman–Crippen LogP) is 3.70. The van der Waals surface area contributed by atoms with Crippen molar-refractivity contribution in [2.75, 3.05) is 5.32 Å². The zero-order valence-corrected chi connectivity index (χ0v) is 15.3. The van der Waals surface area contributed by atoms with Crippen LogP contribution in [0.25, 0.3) is 10.9 Å². The monoisotopic (exact) mass is 355 g/mol. The first-order valence-corrected chi connectivity index (χ1v) is 8.54. The highest BCUT2D eigenvalue weighted by atomic mass is 19.1. The molecule has 0 saturated carbocycles. The third-order valence-corrected chi connectivity index (χ3v) is 4.41. The van der Waals surface area contributed by atoms with E-state index in [1.54, 1.807) is 35.4 Å². The second-order valence-electron chi connectivity index (χ2n) is 6.97. The zero-order valence-electron chi connectivity index (χ0n) is 15.3. The summed E-state index contributed by atoms with van der Waals surface area (Å²) in [6.07, 6.45) is 1.76. The highest BCUT2D eigenvalue weighted by Crippen LogP contribution is 2.20. The third kappa shape index (κ3) is 3.27. The van der Waals surface area contributed by atoms with Gasteiger partial charge in [0.15, 0.2) is 0 Å². The molecule has 6 heteroatoms. The number of nitrogens with one attached hydrogen (secondary N) is 1. The maximum absolute atomic E-state index is 13.2. The van der Waals surface area contributed by atoms with Crippen molar-refractivity contribution in [2.24, 2.45) is 13.0 Å². The van der Waals surface area contributed by atoms with E-state index in [-0.39, 0.29) is 17.3 Å². The van der Waals surface area contributed by atoms with E-state index in [0.717, 1.165) is 0 Å². The summed E-state index contributed by atoms with van der Waals surface area (Å²) in [5, 5.41) is 3.30. The van der Waals surface area contributed by atoms with Crippen LogP contribution in [0.2, 0.25) is 0 Å². The molecule has 136 valence electrons. The maximum Gasteiger partial charge on any atom is 0.272 e. The Balaban J connectivity index is 1.99. The van der Waals surface area contributed by atoms with Crippen LogP contribution >= 0.6 is 0 Å². The molecule has 0 bridgehead atoms. The molecule has 26 heavy (non-hydrogen) atoms. The number of aryl methyl sites for hydroxylation is 2. The summed E-state index contributed by atoms with van der Waals surface area (Å²) < 4.78 is 16.6. The van der Waals surface area contributed by atoms with Crippen molar-refractivity contribution in [2.45, 2.75) is 27.3 Å². The van der Waals surface area contributed by atoms with E-state index in [1.807, 2.05) is 19.9 Å². The minimum absolute atomic E-state index is 0.108. The Morgan fingerprint density at radius 1 is 1.23 bits per heavy atom. The van der Waals surface area contributed by atoms with Crippen molar-refractivity contribution >= 4 is 22.5 Å². The Labute approximate surface area is 151 Å². The van der Waals surface area contributed by atoms with E-state index in [1.165, 1.54) is 18.2 Å². The largest absolute Gasteiger partial charge is 0.339 e. The van der Waals surface area contributed by atoms with Gasteiger partial charge in [0, 0.05) is 25.5 Å². The Morgan fingerprint density at radius 2 is 1.96 bits per heavy atom. The molecule has 1 N–H and O–H groups in total. The van der Waals surface area contributed by atoms with Gasteiger partial charge in [-0.1, -0.05) is 13.8 Å². The number of halogens is 1. The molecule has 5 nitrogen and oxygen atoms in total. The molecule has 0 spiro atoms. The number of carbonyl (C=O) groups excluding carboxylic acids is 1. The van der Waals surface area contributed by atoms with Crippen LogP contribution in [-0.4, -0.2) is 15.0 Å². The van der Waals surface area contributed by atoms with Crippen LogP contribution < -0.4 is 10.9 Å². The van der Waals surface area contributed by atoms with Crippen LogP contribution in [0.4, 0.5) is 10.1 Å². The minimum Gasteiger partial charge on any atom is -0.339 e. The van der Waals surface area contributed by atoms with Gasteiger partial charge in [-0.2, -0.15) is 0 Å². The van der Waals surface area contributed by atoms with Gasteiger partial charge in [0.25, 0.3) is 11.5 Å². The molecule has 3 aromatic rings. The van der Waals surface area contributed by atoms with Gasteiger partial charge in [-0.15, -0.1) is 0 Å². The summed E-state index contributed by atoms with van der Waals surface area (Å²) in [5.41, 5.74) is 2.15. The highest BCUT2D eigenvalue weighted by Gasteiger charge is 2.17. The van der Waals surface area contributed by atoms with Crippen LogP contribution in [0.5, 0.6) is 0 Å². The highest BCUT2D eigenvalue weighted by molar-refractivity contribution is 6.06. The first-order valence-electron chi connectivity index (χ1n) is 8.54. The lowest BCUT2D eigenvalue weighted by molar-refractivity contribution is 0.101. The van der Waals surface area contributed by atoms with Crippen LogP contribution in [-0.2, 0) is 13.6 Å². The Morgan fingerprint density at radius 3 is 2.62 bits per heavy atom. The molecular weight excluding hydrogens is 333 g/mol. The summed E-state index contributed by atoms with van der Waals surface area (Å²) >= 11 is 0. The number of hydrogen-bond donors (Lipinski definition) is 1. The van der Waals surface area contributed by atoms with E-state index in [4.69, 9.17) is 0 Å². The van der Waals surface area contributed by atoms with Crippen molar-refractivity contribution in [1.82, 2.24) is 9.13 Å². The van der Waals surface area contributed by atoms with Gasteiger partial charge < -0.3 is 14.5 Å². The van der Waals surface area contributed by atoms with Gasteiger partial charge in [0.2, 0.25) is 0 Å². The smallest absolute Gasteiger partial charge is 0.272 e. The number of hydrogen-bond acceptors (Lipinski definition) is 2. The van der Waals surface area contributed by atoms with Gasteiger partial charge in [0.05, 0.1) is 10.9 Å². The van der Waals surface area contributed by atoms with Gasteiger partial charge in [-0.25, -0.2) is 4.39 Å². The number of benzene rings is 1. The Hall–Kier alpha value is -2.89. The standard InChI is InChI=1S/C20H22FN3O2/c1-12(2)11-24-8-7-17-15(20(24)26)10-18(23(17)4)19(25)22-16-6-5-14(21)9-13(16)3/h5-10,12H,11H2,1-4H3,(H,22,25). The normalized spacial score (nSPS) is 11.3. The van der Waals surface area contributed by atoms with E-state index in [9.17, 15) is 14.0 Å². The molecule has 2 aromatic heterocycles. The number of fused-ring (bicyclic) bond motifs is 1. The molecule has 0 aliphatic heterocycles. The van der Waals surface area contributed by atoms with Crippen LogP contribution in [0, 0.1) is 18.7 Å². The number of rotatable bonds is 4. The summed E-state index contributed by atoms with van der Waals surface area (Å²) in [6, 6.07) is 7.65. The van der Waals surface area contributed by atoms with E-state index < -0.39 is 0 Å². The molecule has 0 unspecified atom stereocenters. The molecule has 1 amide bonds. The topological polar surface area (TPSA) is 56.0 Å². The second kappa shape index (κ2) is 6.78. The molecule has 2 heterocycles. The van der Waals surface area contributed by atoms with Gasteiger partial charge >= 0.3 is 0 Å². The van der Waals surface area contributed by atoms with Crippen molar-refractivity contribution in [3.63, 3.8) is 0 Å². The number of pyridine rings is 1. The summed E-state index contributed by atoms with van der Waals surface area (Å²) in [5.74, 6) is -0.345. The van der Waals surface area contributed by atoms with Crippen molar-refractivity contribution in [3.05, 3.63) is 64.0 Å². The molecule has 0 saturated heterocycles.